The molecule has 1 aliphatic heterocycles. The molecule has 0 saturated heterocycles. The monoisotopic (exact) mass is 455 g/mol. The van der Waals surface area contributed by atoms with Crippen LogP contribution < -0.4 is 5.32 Å². The van der Waals surface area contributed by atoms with Crippen molar-refractivity contribution in [3.05, 3.63) is 46.7 Å². The van der Waals surface area contributed by atoms with E-state index in [0.29, 0.717) is 11.3 Å². The first kappa shape index (κ1) is 23.3. The van der Waals surface area contributed by atoms with Gasteiger partial charge in [-0.15, -0.1) is 0 Å². The fourth-order valence-corrected chi connectivity index (χ4v) is 6.45. The largest absolute Gasteiger partial charge is 0.465 e. The molecule has 7 nitrogen and oxygen atoms in total. The molecule has 0 bridgehead atoms. The first-order valence-corrected chi connectivity index (χ1v) is 11.6. The van der Waals surface area contributed by atoms with Crippen molar-refractivity contribution in [1.82, 2.24) is 5.32 Å². The molecular formula is C26H33NO6. The normalized spacial score (nSPS) is 31.5. The highest BCUT2D eigenvalue weighted by atomic mass is 16.6. The molecule has 33 heavy (non-hydrogen) atoms. The van der Waals surface area contributed by atoms with Gasteiger partial charge in [0.1, 0.15) is 11.0 Å². The molecule has 4 rings (SSSR count). The zero-order valence-electron chi connectivity index (χ0n) is 20.4. The Balaban J connectivity index is 1.99. The van der Waals surface area contributed by atoms with Gasteiger partial charge in [-0.1, -0.05) is 24.3 Å². The molecule has 0 spiro atoms. The number of benzene rings is 1. The van der Waals surface area contributed by atoms with E-state index in [-0.39, 0.29) is 19.2 Å². The first-order chi connectivity index (χ1) is 15.5. The Labute approximate surface area is 194 Å². The number of rotatable bonds is 5. The number of hydrogen-bond donors (Lipinski definition) is 1. The zero-order valence-corrected chi connectivity index (χ0v) is 20.4. The first-order valence-electron chi connectivity index (χ1n) is 11.6. The average molecular weight is 456 g/mol. The maximum atomic E-state index is 13.8. The Morgan fingerprint density at radius 1 is 1.03 bits per heavy atom. The summed E-state index contributed by atoms with van der Waals surface area (Å²) in [5.41, 5.74) is -0.0993. The Kier molecular flexibility index (Phi) is 5.38. The molecule has 1 aromatic carbocycles. The topological polar surface area (TPSA) is 90.9 Å². The number of ether oxygens (including phenoxy) is 3. The van der Waals surface area contributed by atoms with E-state index in [2.05, 4.69) is 5.32 Å². The Morgan fingerprint density at radius 2 is 1.64 bits per heavy atom. The van der Waals surface area contributed by atoms with Crippen LogP contribution in [0.15, 0.2) is 35.5 Å². The number of carbonyl (C=O) groups excluding carboxylic acids is 3. The number of fused-ring (bicyclic) bond motifs is 3. The molecular weight excluding hydrogens is 422 g/mol. The van der Waals surface area contributed by atoms with E-state index in [1.165, 1.54) is 0 Å². The fourth-order valence-electron chi connectivity index (χ4n) is 6.45. The van der Waals surface area contributed by atoms with Gasteiger partial charge < -0.3 is 19.5 Å². The third kappa shape index (κ3) is 2.97. The van der Waals surface area contributed by atoms with Gasteiger partial charge in [0.25, 0.3) is 0 Å². The fraction of sp³-hybridized carbons (Fsp3) is 0.577. The molecule has 0 unspecified atom stereocenters. The molecule has 1 aromatic rings. The number of nitrogens with one attached hydrogen (secondary N) is 1. The van der Waals surface area contributed by atoms with Gasteiger partial charge in [0.15, 0.2) is 0 Å². The maximum absolute atomic E-state index is 13.8. The van der Waals surface area contributed by atoms with Crippen LogP contribution in [-0.4, -0.2) is 42.3 Å². The molecule has 1 N–H and O–H groups in total. The van der Waals surface area contributed by atoms with Gasteiger partial charge in [0.2, 0.25) is 0 Å². The van der Waals surface area contributed by atoms with Gasteiger partial charge in [0.05, 0.1) is 30.2 Å². The number of allylic oxidation sites excluding steroid dienone is 1. The third-order valence-electron chi connectivity index (χ3n) is 7.31. The molecule has 1 saturated carbocycles. The molecule has 7 heteroatoms. The van der Waals surface area contributed by atoms with Crippen molar-refractivity contribution in [3.63, 3.8) is 0 Å². The molecule has 0 radical (unpaired) electrons. The van der Waals surface area contributed by atoms with E-state index < -0.39 is 46.2 Å². The smallest absolute Gasteiger partial charge is 0.336 e. The number of esters is 3. The lowest BCUT2D eigenvalue weighted by atomic mass is 9.38. The minimum Gasteiger partial charge on any atom is -0.465 e. The third-order valence-corrected chi connectivity index (χ3v) is 7.31. The van der Waals surface area contributed by atoms with Gasteiger partial charge in [-0.3, -0.25) is 9.59 Å². The molecule has 5 atom stereocenters. The summed E-state index contributed by atoms with van der Waals surface area (Å²) in [7, 11) is 0. The molecule has 1 heterocycles. The lowest BCUT2D eigenvalue weighted by molar-refractivity contribution is -0.205. The number of carbonyl (C=O) groups is 3. The lowest BCUT2D eigenvalue weighted by Crippen LogP contribution is -2.80. The zero-order chi connectivity index (χ0) is 24.3. The minimum atomic E-state index is -1.17. The summed E-state index contributed by atoms with van der Waals surface area (Å²) in [6.45, 7) is 13.1. The van der Waals surface area contributed by atoms with Crippen molar-refractivity contribution in [3.8, 4) is 0 Å². The summed E-state index contributed by atoms with van der Waals surface area (Å²) in [4.78, 5) is 40.5. The minimum absolute atomic E-state index is 0.195. The van der Waals surface area contributed by atoms with Crippen LogP contribution in [0.25, 0.3) is 0 Å². The second-order valence-corrected chi connectivity index (χ2v) is 10.2. The second kappa shape index (κ2) is 7.61. The predicted molar refractivity (Wildman–Crippen MR) is 121 cm³/mol. The summed E-state index contributed by atoms with van der Waals surface area (Å²) in [6.07, 6.45) is 0. The summed E-state index contributed by atoms with van der Waals surface area (Å²) in [5, 5.41) is 3.39. The Morgan fingerprint density at radius 3 is 2.21 bits per heavy atom. The van der Waals surface area contributed by atoms with E-state index in [0.717, 1.165) is 11.1 Å². The Bertz CT molecular complexity index is 1050. The van der Waals surface area contributed by atoms with Crippen LogP contribution in [0.2, 0.25) is 0 Å². The molecule has 178 valence electrons. The van der Waals surface area contributed by atoms with Gasteiger partial charge in [-0.05, 0) is 59.6 Å². The molecule has 0 amide bonds. The van der Waals surface area contributed by atoms with E-state index >= 15 is 0 Å². The van der Waals surface area contributed by atoms with Crippen molar-refractivity contribution in [2.24, 2.45) is 11.3 Å². The van der Waals surface area contributed by atoms with Crippen molar-refractivity contribution in [2.75, 3.05) is 13.2 Å². The summed E-state index contributed by atoms with van der Waals surface area (Å²) in [5.74, 6) is -2.95. The quantitative estimate of drug-likeness (QED) is 0.536. The van der Waals surface area contributed by atoms with E-state index in [9.17, 15) is 14.4 Å². The van der Waals surface area contributed by atoms with Crippen molar-refractivity contribution < 1.29 is 28.6 Å². The van der Waals surface area contributed by atoms with E-state index in [4.69, 9.17) is 14.2 Å². The maximum Gasteiger partial charge on any atom is 0.336 e. The van der Waals surface area contributed by atoms with Crippen molar-refractivity contribution in [1.29, 1.82) is 0 Å². The summed E-state index contributed by atoms with van der Waals surface area (Å²) < 4.78 is 16.8. The molecule has 3 aliphatic rings. The predicted octanol–water partition coefficient (Wildman–Crippen LogP) is 3.59. The molecule has 0 aromatic heterocycles. The summed E-state index contributed by atoms with van der Waals surface area (Å²) in [6, 6.07) is 7.66. The lowest BCUT2D eigenvalue weighted by Gasteiger charge is -2.67. The van der Waals surface area contributed by atoms with E-state index in [1.807, 2.05) is 52.0 Å². The molecule has 1 fully saturated rings. The van der Waals surface area contributed by atoms with Crippen LogP contribution >= 0.6 is 0 Å². The van der Waals surface area contributed by atoms with Gasteiger partial charge in [-0.25, -0.2) is 4.79 Å². The van der Waals surface area contributed by atoms with Crippen LogP contribution in [0.4, 0.5) is 0 Å². The van der Waals surface area contributed by atoms with Crippen LogP contribution in [0.1, 0.15) is 71.4 Å². The highest BCUT2D eigenvalue weighted by Gasteiger charge is 2.84. The van der Waals surface area contributed by atoms with Gasteiger partial charge in [-0.2, -0.15) is 0 Å². The van der Waals surface area contributed by atoms with Crippen LogP contribution in [0.3, 0.4) is 0 Å². The summed E-state index contributed by atoms with van der Waals surface area (Å²) >= 11 is 0. The van der Waals surface area contributed by atoms with E-state index in [1.54, 1.807) is 20.8 Å². The second-order valence-electron chi connectivity index (χ2n) is 10.2. The van der Waals surface area contributed by atoms with Gasteiger partial charge >= 0.3 is 17.9 Å². The molecule has 2 aliphatic carbocycles. The SMILES string of the molecule is CCOC(=O)C1=C(C)N[C@]2(C)[C@H](C(=O)OC(C)(C)C)[C@@H]3c4ccccc4[C@H]1[C@@]32C(=O)OCC. The average Bonchev–Trinajstić information content (AvgIpc) is 2.97. The van der Waals surface area contributed by atoms with Gasteiger partial charge in [0, 0.05) is 17.5 Å². The number of hydrogen-bond acceptors (Lipinski definition) is 7. The van der Waals surface area contributed by atoms with Crippen molar-refractivity contribution in [2.45, 2.75) is 71.4 Å². The highest BCUT2D eigenvalue weighted by molar-refractivity contribution is 6.00. The van der Waals surface area contributed by atoms with Crippen LogP contribution in [-0.2, 0) is 28.6 Å². The Hall–Kier alpha value is -2.83. The standard InChI is InChI=1S/C26H33NO6/c1-8-31-21(28)17-14(3)27-25(7)20(22(29)33-24(4,5)6)19-16-13-11-10-12-15(16)18(17)26(19,25)23(30)32-9-2/h10-13,18-20,27H,8-9H2,1-7H3/t18-,19+,20+,25-,26+/m1/s1. The van der Waals surface area contributed by atoms with Crippen molar-refractivity contribution >= 4 is 17.9 Å². The van der Waals surface area contributed by atoms with Crippen LogP contribution in [0.5, 0.6) is 0 Å². The van der Waals surface area contributed by atoms with Crippen LogP contribution in [0, 0.1) is 11.3 Å². The highest BCUT2D eigenvalue weighted by Crippen LogP contribution is 2.77.